The predicted molar refractivity (Wildman–Crippen MR) is 129 cm³/mol. The van der Waals surface area contributed by atoms with Gasteiger partial charge in [0.15, 0.2) is 28.7 Å². The van der Waals surface area contributed by atoms with Gasteiger partial charge in [-0.25, -0.2) is 4.98 Å². The van der Waals surface area contributed by atoms with E-state index in [0.717, 1.165) is 29.0 Å². The predicted octanol–water partition coefficient (Wildman–Crippen LogP) is 4.15. The van der Waals surface area contributed by atoms with Crippen molar-refractivity contribution in [1.29, 1.82) is 0 Å². The molecule has 1 aliphatic rings. The van der Waals surface area contributed by atoms with Crippen molar-refractivity contribution >= 4 is 5.91 Å². The largest absolute Gasteiger partial charge is 0.493 e. The van der Waals surface area contributed by atoms with Crippen molar-refractivity contribution in [2.24, 2.45) is 0 Å². The molecule has 9 nitrogen and oxygen atoms in total. The number of oxazole rings is 1. The monoisotopic (exact) mass is 481 g/mol. The number of amides is 1. The summed E-state index contributed by atoms with van der Waals surface area (Å²) in [5.74, 6) is 2.99. The second kappa shape index (κ2) is 11.1. The summed E-state index contributed by atoms with van der Waals surface area (Å²) in [5.41, 5.74) is 2.26. The number of methoxy groups -OCH3 is 2. The molecule has 1 unspecified atom stereocenters. The first-order valence-electron chi connectivity index (χ1n) is 11.6. The van der Waals surface area contributed by atoms with Crippen LogP contribution in [-0.4, -0.2) is 42.8 Å². The van der Waals surface area contributed by atoms with Crippen LogP contribution in [0.1, 0.15) is 47.8 Å². The minimum Gasteiger partial charge on any atom is -0.493 e. The molecule has 4 rings (SSSR count). The van der Waals surface area contributed by atoms with Gasteiger partial charge in [0.25, 0.3) is 5.91 Å². The molecule has 1 aliphatic heterocycles. The number of rotatable bonds is 11. The summed E-state index contributed by atoms with van der Waals surface area (Å²) in [4.78, 5) is 19.0. The van der Waals surface area contributed by atoms with Crippen molar-refractivity contribution in [2.45, 2.75) is 45.9 Å². The Morgan fingerprint density at radius 2 is 1.94 bits per heavy atom. The van der Waals surface area contributed by atoms with Crippen molar-refractivity contribution < 1.29 is 28.2 Å². The summed E-state index contributed by atoms with van der Waals surface area (Å²) in [7, 11) is 3.24. The molecule has 1 N–H and O–H groups in total. The third kappa shape index (κ3) is 5.86. The van der Waals surface area contributed by atoms with E-state index in [1.54, 1.807) is 14.2 Å². The lowest BCUT2D eigenvalue weighted by Crippen LogP contribution is -2.32. The third-order valence-corrected chi connectivity index (χ3v) is 5.85. The van der Waals surface area contributed by atoms with Gasteiger partial charge in [0.2, 0.25) is 12.7 Å². The maximum absolute atomic E-state index is 12.5. The standard InChI is InChI=1S/C26H31N3O6/c1-5-17(2)27-26(30)20-15-33-24(28-20)14-29(12-18-9-10-21-23(11-18)35-16-34-21)13-19-7-6-8-22(31-3)25(19)32-4/h6-11,15,17H,5,12-14,16H2,1-4H3,(H,27,30). The van der Waals surface area contributed by atoms with E-state index < -0.39 is 0 Å². The van der Waals surface area contributed by atoms with Gasteiger partial charge in [0.1, 0.15) is 6.26 Å². The van der Waals surface area contributed by atoms with Crippen LogP contribution in [0.3, 0.4) is 0 Å². The highest BCUT2D eigenvalue weighted by Crippen LogP contribution is 2.34. The zero-order valence-electron chi connectivity index (χ0n) is 20.5. The van der Waals surface area contributed by atoms with Crippen molar-refractivity contribution in [3.63, 3.8) is 0 Å². The fourth-order valence-corrected chi connectivity index (χ4v) is 3.86. The minimum atomic E-state index is -0.244. The molecule has 35 heavy (non-hydrogen) atoms. The normalized spacial score (nSPS) is 13.1. The molecule has 0 spiro atoms. The SMILES string of the molecule is CCC(C)NC(=O)c1coc(CN(Cc2ccc3c(c2)OCO3)Cc2cccc(OC)c2OC)n1. The molecule has 0 aliphatic carbocycles. The maximum Gasteiger partial charge on any atom is 0.273 e. The zero-order chi connectivity index (χ0) is 24.8. The average Bonchev–Trinajstić information content (AvgIpc) is 3.53. The number of aromatic nitrogens is 1. The van der Waals surface area contributed by atoms with Gasteiger partial charge < -0.3 is 28.7 Å². The zero-order valence-corrected chi connectivity index (χ0v) is 20.5. The quantitative estimate of drug-likeness (QED) is 0.436. The van der Waals surface area contributed by atoms with Crippen LogP contribution in [0.25, 0.3) is 0 Å². The summed E-state index contributed by atoms with van der Waals surface area (Å²) in [6.45, 7) is 5.68. The van der Waals surface area contributed by atoms with Gasteiger partial charge >= 0.3 is 0 Å². The van der Waals surface area contributed by atoms with Crippen LogP contribution in [0.2, 0.25) is 0 Å². The number of hydrogen-bond donors (Lipinski definition) is 1. The summed E-state index contributed by atoms with van der Waals surface area (Å²) < 4.78 is 27.7. The minimum absolute atomic E-state index is 0.0608. The van der Waals surface area contributed by atoms with E-state index in [1.165, 1.54) is 6.26 Å². The Morgan fingerprint density at radius 1 is 1.11 bits per heavy atom. The van der Waals surface area contributed by atoms with E-state index in [9.17, 15) is 4.79 Å². The lowest BCUT2D eigenvalue weighted by molar-refractivity contribution is 0.0934. The maximum atomic E-state index is 12.5. The number of nitrogens with one attached hydrogen (secondary N) is 1. The average molecular weight is 482 g/mol. The molecular formula is C26H31N3O6. The molecule has 2 aromatic carbocycles. The van der Waals surface area contributed by atoms with Crippen molar-refractivity contribution in [1.82, 2.24) is 15.2 Å². The Bertz CT molecular complexity index is 1160. The fourth-order valence-electron chi connectivity index (χ4n) is 3.86. The number of para-hydroxylation sites is 1. The molecule has 0 saturated heterocycles. The molecule has 0 fully saturated rings. The van der Waals surface area contributed by atoms with Gasteiger partial charge in [-0.1, -0.05) is 25.1 Å². The van der Waals surface area contributed by atoms with E-state index in [0.29, 0.717) is 37.0 Å². The van der Waals surface area contributed by atoms with Crippen LogP contribution in [0.15, 0.2) is 47.1 Å². The molecule has 0 saturated carbocycles. The van der Waals surface area contributed by atoms with Crippen molar-refractivity contribution in [3.05, 3.63) is 65.4 Å². The number of carbonyl (C=O) groups excluding carboxylic acids is 1. The number of fused-ring (bicyclic) bond motifs is 1. The Labute approximate surface area is 204 Å². The summed E-state index contributed by atoms with van der Waals surface area (Å²) >= 11 is 0. The first-order valence-corrected chi connectivity index (χ1v) is 11.6. The lowest BCUT2D eigenvalue weighted by atomic mass is 10.1. The van der Waals surface area contributed by atoms with Crippen LogP contribution < -0.4 is 24.3 Å². The Morgan fingerprint density at radius 3 is 2.71 bits per heavy atom. The van der Waals surface area contributed by atoms with Crippen molar-refractivity contribution in [3.8, 4) is 23.0 Å². The van der Waals surface area contributed by atoms with Crippen LogP contribution in [0.4, 0.5) is 0 Å². The molecular weight excluding hydrogens is 450 g/mol. The second-order valence-corrected chi connectivity index (χ2v) is 8.39. The first-order chi connectivity index (χ1) is 17.0. The molecule has 186 valence electrons. The molecule has 0 bridgehead atoms. The fraction of sp³-hybridized carbons (Fsp3) is 0.385. The highest BCUT2D eigenvalue weighted by molar-refractivity contribution is 5.92. The van der Waals surface area contributed by atoms with E-state index in [-0.39, 0.29) is 24.4 Å². The Balaban J connectivity index is 1.57. The topological polar surface area (TPSA) is 95.3 Å². The van der Waals surface area contributed by atoms with Crippen LogP contribution in [0.5, 0.6) is 23.0 Å². The Kier molecular flexibility index (Phi) is 7.77. The molecule has 0 radical (unpaired) electrons. The summed E-state index contributed by atoms with van der Waals surface area (Å²) in [6, 6.07) is 11.7. The molecule has 1 atom stereocenters. The van der Waals surface area contributed by atoms with Crippen LogP contribution in [-0.2, 0) is 19.6 Å². The first kappa shape index (κ1) is 24.4. The van der Waals surface area contributed by atoms with Gasteiger partial charge in [-0.15, -0.1) is 0 Å². The lowest BCUT2D eigenvalue weighted by Gasteiger charge is -2.23. The molecule has 3 aromatic rings. The molecule has 1 amide bonds. The molecule has 9 heteroatoms. The number of ether oxygens (including phenoxy) is 4. The van der Waals surface area contributed by atoms with Gasteiger partial charge in [-0.2, -0.15) is 0 Å². The highest BCUT2D eigenvalue weighted by atomic mass is 16.7. The van der Waals surface area contributed by atoms with Gasteiger partial charge in [0.05, 0.1) is 20.8 Å². The Hall–Kier alpha value is -3.72. The van der Waals surface area contributed by atoms with Gasteiger partial charge in [0, 0.05) is 24.7 Å². The third-order valence-electron chi connectivity index (χ3n) is 5.85. The smallest absolute Gasteiger partial charge is 0.273 e. The van der Waals surface area contributed by atoms with E-state index in [4.69, 9.17) is 23.4 Å². The van der Waals surface area contributed by atoms with Crippen molar-refractivity contribution in [2.75, 3.05) is 21.0 Å². The van der Waals surface area contributed by atoms with E-state index in [2.05, 4.69) is 15.2 Å². The number of nitrogens with zero attached hydrogens (tertiary/aromatic N) is 2. The van der Waals surface area contributed by atoms with E-state index in [1.807, 2.05) is 50.2 Å². The second-order valence-electron chi connectivity index (χ2n) is 8.39. The van der Waals surface area contributed by atoms with Gasteiger partial charge in [-0.05, 0) is 37.1 Å². The highest BCUT2D eigenvalue weighted by Gasteiger charge is 2.20. The molecule has 2 heterocycles. The summed E-state index contributed by atoms with van der Waals surface area (Å²) in [6.07, 6.45) is 2.24. The number of carbonyl (C=O) groups is 1. The van der Waals surface area contributed by atoms with E-state index >= 15 is 0 Å². The van der Waals surface area contributed by atoms with Crippen LogP contribution in [0, 0.1) is 0 Å². The molecule has 1 aromatic heterocycles. The number of benzene rings is 2. The van der Waals surface area contributed by atoms with Crippen LogP contribution >= 0.6 is 0 Å². The summed E-state index contributed by atoms with van der Waals surface area (Å²) in [5, 5.41) is 2.91. The number of hydrogen-bond acceptors (Lipinski definition) is 8. The van der Waals surface area contributed by atoms with Gasteiger partial charge in [-0.3, -0.25) is 9.69 Å².